The Morgan fingerprint density at radius 2 is 2.00 bits per heavy atom. The first-order valence-electron chi connectivity index (χ1n) is 7.01. The molecule has 6 atom stereocenters. The molecule has 0 bridgehead atoms. The predicted molar refractivity (Wildman–Crippen MR) is 68.0 cm³/mol. The highest BCUT2D eigenvalue weighted by molar-refractivity contribution is 5.76. The Balaban J connectivity index is 2.00. The van der Waals surface area contributed by atoms with E-state index in [9.17, 15) is 9.59 Å². The van der Waals surface area contributed by atoms with Crippen molar-refractivity contribution >= 4 is 11.9 Å². The molecule has 1 saturated carbocycles. The van der Waals surface area contributed by atoms with Crippen LogP contribution in [0.1, 0.15) is 26.7 Å². The van der Waals surface area contributed by atoms with Gasteiger partial charge in [0.25, 0.3) is 0 Å². The molecule has 0 aromatic rings. The maximum atomic E-state index is 11.9. The van der Waals surface area contributed by atoms with E-state index in [1.54, 1.807) is 0 Å². The number of cyclic esters (lactones) is 1. The second-order valence-electron chi connectivity index (χ2n) is 6.25. The smallest absolute Gasteiger partial charge is 0.309 e. The molecule has 0 amide bonds. The Morgan fingerprint density at radius 3 is 2.68 bits per heavy atom. The number of fused-ring (bicyclic) bond motifs is 3. The fourth-order valence-electron chi connectivity index (χ4n) is 4.20. The third-order valence-electron chi connectivity index (χ3n) is 5.45. The van der Waals surface area contributed by atoms with E-state index >= 15 is 0 Å². The molecule has 4 heteroatoms. The lowest BCUT2D eigenvalue weighted by atomic mass is 9.56. The van der Waals surface area contributed by atoms with Gasteiger partial charge in [-0.15, -0.1) is 6.58 Å². The molecule has 0 N–H and O–H groups in total. The van der Waals surface area contributed by atoms with Crippen LogP contribution in [0.25, 0.3) is 0 Å². The van der Waals surface area contributed by atoms with Crippen molar-refractivity contribution in [3.8, 4) is 0 Å². The van der Waals surface area contributed by atoms with Crippen molar-refractivity contribution in [2.75, 3.05) is 6.61 Å². The molecular formula is C15H20O4. The summed E-state index contributed by atoms with van der Waals surface area (Å²) in [6, 6.07) is 0. The lowest BCUT2D eigenvalue weighted by Crippen LogP contribution is -2.55. The summed E-state index contributed by atoms with van der Waals surface area (Å²) in [4.78, 5) is 23.7. The molecule has 4 nitrogen and oxygen atoms in total. The Bertz CT molecular complexity index is 443. The molecule has 3 rings (SSSR count). The van der Waals surface area contributed by atoms with Crippen LogP contribution in [-0.4, -0.2) is 24.6 Å². The summed E-state index contributed by atoms with van der Waals surface area (Å²) in [6.45, 7) is 8.12. The highest BCUT2D eigenvalue weighted by atomic mass is 16.6. The molecule has 0 radical (unpaired) electrons. The zero-order chi connectivity index (χ0) is 13.8. The van der Waals surface area contributed by atoms with Crippen molar-refractivity contribution < 1.29 is 19.1 Å². The lowest BCUT2D eigenvalue weighted by Gasteiger charge is -2.51. The number of ether oxygens (including phenoxy) is 2. The normalized spacial score (nSPS) is 48.8. The minimum absolute atomic E-state index is 0.0129. The van der Waals surface area contributed by atoms with Gasteiger partial charge in [0, 0.05) is 17.3 Å². The average Bonchev–Trinajstić information content (AvgIpc) is 2.69. The first-order valence-corrected chi connectivity index (χ1v) is 7.01. The number of hydrogen-bond acceptors (Lipinski definition) is 4. The van der Waals surface area contributed by atoms with Gasteiger partial charge in [-0.25, -0.2) is 0 Å². The average molecular weight is 264 g/mol. The van der Waals surface area contributed by atoms with E-state index in [1.807, 2.05) is 19.9 Å². The van der Waals surface area contributed by atoms with E-state index in [0.29, 0.717) is 6.61 Å². The fourth-order valence-corrected chi connectivity index (χ4v) is 4.20. The van der Waals surface area contributed by atoms with Crippen LogP contribution < -0.4 is 0 Å². The van der Waals surface area contributed by atoms with Crippen LogP contribution in [0.2, 0.25) is 0 Å². The zero-order valence-electron chi connectivity index (χ0n) is 11.4. The molecular weight excluding hydrogens is 244 g/mol. The number of carbonyl (C=O) groups excluding carboxylic acids is 2. The summed E-state index contributed by atoms with van der Waals surface area (Å²) in [6.07, 6.45) is 3.61. The van der Waals surface area contributed by atoms with Gasteiger partial charge in [0.15, 0.2) is 0 Å². The fraction of sp³-hybridized carbons (Fsp3) is 0.733. The second-order valence-corrected chi connectivity index (χ2v) is 6.25. The van der Waals surface area contributed by atoms with Crippen molar-refractivity contribution in [2.45, 2.75) is 32.8 Å². The molecule has 0 spiro atoms. The van der Waals surface area contributed by atoms with Crippen molar-refractivity contribution in [1.29, 1.82) is 0 Å². The quantitative estimate of drug-likeness (QED) is 0.536. The van der Waals surface area contributed by atoms with E-state index in [0.717, 1.165) is 12.8 Å². The first kappa shape index (κ1) is 12.7. The van der Waals surface area contributed by atoms with Crippen molar-refractivity contribution in [3.05, 3.63) is 12.7 Å². The number of carbonyl (C=O) groups is 2. The summed E-state index contributed by atoms with van der Waals surface area (Å²) >= 11 is 0. The topological polar surface area (TPSA) is 52.6 Å². The third-order valence-corrected chi connectivity index (χ3v) is 5.45. The van der Waals surface area contributed by atoms with Gasteiger partial charge in [0.1, 0.15) is 12.7 Å². The largest absolute Gasteiger partial charge is 0.465 e. The molecule has 19 heavy (non-hydrogen) atoms. The first-order chi connectivity index (χ1) is 9.00. The summed E-state index contributed by atoms with van der Waals surface area (Å²) in [7, 11) is 0. The van der Waals surface area contributed by atoms with Crippen LogP contribution in [0, 0.1) is 29.1 Å². The van der Waals surface area contributed by atoms with Crippen LogP contribution >= 0.6 is 0 Å². The molecule has 2 aliphatic heterocycles. The Kier molecular flexibility index (Phi) is 2.73. The van der Waals surface area contributed by atoms with Gasteiger partial charge in [0.2, 0.25) is 0 Å². The molecule has 2 saturated heterocycles. The number of rotatable bonds is 1. The summed E-state index contributed by atoms with van der Waals surface area (Å²) in [5, 5.41) is 0. The summed E-state index contributed by atoms with van der Waals surface area (Å²) in [5.74, 6) is -0.354. The van der Waals surface area contributed by atoms with Crippen molar-refractivity contribution in [2.24, 2.45) is 29.1 Å². The van der Waals surface area contributed by atoms with Gasteiger partial charge in [-0.3, -0.25) is 9.59 Å². The van der Waals surface area contributed by atoms with E-state index in [-0.39, 0.29) is 47.1 Å². The minimum Gasteiger partial charge on any atom is -0.465 e. The molecule has 0 aromatic carbocycles. The number of hydrogen-bond donors (Lipinski definition) is 0. The Hall–Kier alpha value is -1.32. The predicted octanol–water partition coefficient (Wildman–Crippen LogP) is 1.94. The SMILES string of the molecule is C=C[C@]12CC[C@@H]3[C@H](OC(=O)[C@H]3C)[C@H]1[C@H](C)C(=O)OC2. The van der Waals surface area contributed by atoms with E-state index in [4.69, 9.17) is 9.47 Å². The minimum atomic E-state index is -0.238. The van der Waals surface area contributed by atoms with Crippen LogP contribution in [0.4, 0.5) is 0 Å². The van der Waals surface area contributed by atoms with E-state index < -0.39 is 0 Å². The highest BCUT2D eigenvalue weighted by Crippen LogP contribution is 2.55. The van der Waals surface area contributed by atoms with Crippen molar-refractivity contribution in [3.63, 3.8) is 0 Å². The number of esters is 2. The highest BCUT2D eigenvalue weighted by Gasteiger charge is 2.60. The maximum Gasteiger partial charge on any atom is 0.309 e. The van der Waals surface area contributed by atoms with Crippen LogP contribution in [0.15, 0.2) is 12.7 Å². The van der Waals surface area contributed by atoms with Gasteiger partial charge in [0.05, 0.1) is 11.8 Å². The van der Waals surface area contributed by atoms with Crippen LogP contribution in [0.3, 0.4) is 0 Å². The van der Waals surface area contributed by atoms with E-state index in [1.165, 1.54) is 0 Å². The van der Waals surface area contributed by atoms with Gasteiger partial charge in [-0.05, 0) is 12.8 Å². The van der Waals surface area contributed by atoms with Gasteiger partial charge >= 0.3 is 11.9 Å². The maximum absolute atomic E-state index is 11.9. The molecule has 0 unspecified atom stereocenters. The Morgan fingerprint density at radius 1 is 1.26 bits per heavy atom. The van der Waals surface area contributed by atoms with Crippen molar-refractivity contribution in [1.82, 2.24) is 0 Å². The standard InChI is InChI=1S/C15H20O4/c1-4-15-6-5-10-8(2)14(17)19-12(10)11(15)9(3)13(16)18-7-15/h4,8-12H,1,5-7H2,2-3H3/t8-,9-,10-,11+,12-,15+/m0/s1. The molecule has 2 heterocycles. The molecule has 3 fully saturated rings. The summed E-state index contributed by atoms with van der Waals surface area (Å²) in [5.41, 5.74) is -0.223. The molecule has 1 aliphatic carbocycles. The van der Waals surface area contributed by atoms with Gasteiger partial charge in [-0.1, -0.05) is 19.9 Å². The zero-order valence-corrected chi connectivity index (χ0v) is 11.4. The molecule has 104 valence electrons. The van der Waals surface area contributed by atoms with E-state index in [2.05, 4.69) is 6.58 Å². The molecule has 3 aliphatic rings. The summed E-state index contributed by atoms with van der Waals surface area (Å²) < 4.78 is 10.9. The second kappa shape index (κ2) is 4.09. The van der Waals surface area contributed by atoms with Gasteiger partial charge in [-0.2, -0.15) is 0 Å². The monoisotopic (exact) mass is 264 g/mol. The lowest BCUT2D eigenvalue weighted by molar-refractivity contribution is -0.183. The Labute approximate surface area is 113 Å². The van der Waals surface area contributed by atoms with Crippen LogP contribution in [-0.2, 0) is 19.1 Å². The van der Waals surface area contributed by atoms with Gasteiger partial charge < -0.3 is 9.47 Å². The van der Waals surface area contributed by atoms with Crippen LogP contribution in [0.5, 0.6) is 0 Å². The molecule has 0 aromatic heterocycles. The third kappa shape index (κ3) is 1.58.